The third kappa shape index (κ3) is 2.41. The molecule has 0 atom stereocenters. The van der Waals surface area contributed by atoms with E-state index in [1.807, 2.05) is 0 Å². The van der Waals surface area contributed by atoms with Crippen LogP contribution in [0.5, 0.6) is 0 Å². The molecule has 0 unspecified atom stereocenters. The molecule has 0 saturated carbocycles. The Morgan fingerprint density at radius 1 is 1.57 bits per heavy atom. The van der Waals surface area contributed by atoms with Crippen LogP contribution in [0, 0.1) is 0 Å². The molecule has 0 aromatic carbocycles. The lowest BCUT2D eigenvalue weighted by atomic mass is 10.5. The number of aromatic nitrogens is 1. The monoisotopic (exact) mass is 216 g/mol. The smallest absolute Gasteiger partial charge is 0.240 e. The minimum absolute atomic E-state index is 0.141. The fourth-order valence-corrected chi connectivity index (χ4v) is 1.98. The summed E-state index contributed by atoms with van der Waals surface area (Å²) in [5.74, 6) is 5.42. The van der Waals surface area contributed by atoms with Crippen molar-refractivity contribution in [1.82, 2.24) is 9.71 Å². The van der Waals surface area contributed by atoms with E-state index in [2.05, 4.69) is 15.1 Å². The van der Waals surface area contributed by atoms with Gasteiger partial charge in [-0.3, -0.25) is 0 Å². The van der Waals surface area contributed by atoms with Gasteiger partial charge in [0.15, 0.2) is 0 Å². The number of anilines is 1. The minimum Gasteiger partial charge on any atom is -0.308 e. The zero-order valence-electron chi connectivity index (χ0n) is 7.69. The van der Waals surface area contributed by atoms with Crippen LogP contribution in [0.4, 0.5) is 5.82 Å². The number of nitrogens with zero attached hydrogens (tertiary/aromatic N) is 1. The van der Waals surface area contributed by atoms with Gasteiger partial charge in [0.05, 0.1) is 4.90 Å². The molecule has 0 amide bonds. The first-order chi connectivity index (χ1) is 6.60. The van der Waals surface area contributed by atoms with Crippen LogP contribution in [0.2, 0.25) is 0 Å². The first kappa shape index (κ1) is 10.9. The Morgan fingerprint density at radius 3 is 2.86 bits per heavy atom. The Labute approximate surface area is 82.6 Å². The summed E-state index contributed by atoms with van der Waals surface area (Å²) in [7, 11) is -3.43. The summed E-state index contributed by atoms with van der Waals surface area (Å²) in [6.07, 6.45) is 1.37. The first-order valence-electron chi connectivity index (χ1n) is 4.02. The van der Waals surface area contributed by atoms with E-state index in [-0.39, 0.29) is 4.90 Å². The van der Waals surface area contributed by atoms with Crippen LogP contribution in [-0.2, 0) is 10.0 Å². The van der Waals surface area contributed by atoms with Crippen molar-refractivity contribution in [3.05, 3.63) is 18.3 Å². The highest BCUT2D eigenvalue weighted by atomic mass is 32.2. The molecule has 0 saturated heterocycles. The maximum Gasteiger partial charge on any atom is 0.240 e. The lowest BCUT2D eigenvalue weighted by molar-refractivity contribution is 0.584. The molecule has 0 spiro atoms. The molecule has 0 aliphatic rings. The van der Waals surface area contributed by atoms with Crippen molar-refractivity contribution in [2.45, 2.75) is 11.8 Å². The molecule has 0 bridgehead atoms. The Morgan fingerprint density at radius 2 is 2.29 bits per heavy atom. The first-order valence-corrected chi connectivity index (χ1v) is 5.51. The number of nitrogens with one attached hydrogen (secondary N) is 2. The summed E-state index contributed by atoms with van der Waals surface area (Å²) in [6.45, 7) is 2.05. The second-order valence-corrected chi connectivity index (χ2v) is 4.29. The molecule has 1 aromatic rings. The molecule has 0 fully saturated rings. The van der Waals surface area contributed by atoms with Gasteiger partial charge in [-0.05, 0) is 6.07 Å². The quantitative estimate of drug-likeness (QED) is 0.473. The zero-order chi connectivity index (χ0) is 10.6. The van der Waals surface area contributed by atoms with Gasteiger partial charge in [-0.2, -0.15) is 0 Å². The second kappa shape index (κ2) is 4.36. The molecular formula is C7H12N4O2S. The molecular weight excluding hydrogens is 204 g/mol. The zero-order valence-corrected chi connectivity index (χ0v) is 8.50. The van der Waals surface area contributed by atoms with Crippen LogP contribution in [0.25, 0.3) is 0 Å². The molecule has 6 nitrogen and oxygen atoms in total. The highest BCUT2D eigenvalue weighted by Crippen LogP contribution is 2.11. The van der Waals surface area contributed by atoms with E-state index >= 15 is 0 Å². The van der Waals surface area contributed by atoms with Gasteiger partial charge in [0.1, 0.15) is 5.82 Å². The number of hydrogen-bond donors (Lipinski definition) is 3. The fraction of sp³-hybridized carbons (Fsp3) is 0.286. The van der Waals surface area contributed by atoms with Gasteiger partial charge in [-0.25, -0.2) is 24.0 Å². The van der Waals surface area contributed by atoms with E-state index in [9.17, 15) is 8.42 Å². The van der Waals surface area contributed by atoms with Crippen LogP contribution >= 0.6 is 0 Å². The summed E-state index contributed by atoms with van der Waals surface area (Å²) in [5.41, 5.74) is 2.28. The Kier molecular flexibility index (Phi) is 3.39. The van der Waals surface area contributed by atoms with Gasteiger partial charge in [-0.1, -0.05) is 6.92 Å². The Bertz CT molecular complexity index is 404. The van der Waals surface area contributed by atoms with E-state index in [1.54, 1.807) is 6.92 Å². The van der Waals surface area contributed by atoms with Gasteiger partial charge in [0, 0.05) is 18.8 Å². The highest BCUT2D eigenvalue weighted by Gasteiger charge is 2.12. The van der Waals surface area contributed by atoms with Gasteiger partial charge < -0.3 is 5.43 Å². The number of nitrogens with two attached hydrogens (primary N) is 1. The maximum absolute atomic E-state index is 11.5. The van der Waals surface area contributed by atoms with Crippen molar-refractivity contribution < 1.29 is 8.42 Å². The Balaban J connectivity index is 3.07. The molecule has 0 radical (unpaired) electrons. The van der Waals surface area contributed by atoms with Crippen LogP contribution in [0.3, 0.4) is 0 Å². The fourth-order valence-electron chi connectivity index (χ4n) is 0.931. The predicted octanol–water partition coefficient (Wildman–Crippen LogP) is -0.335. The van der Waals surface area contributed by atoms with Gasteiger partial charge in [0.2, 0.25) is 10.0 Å². The number of nitrogen functional groups attached to an aromatic ring is 1. The predicted molar refractivity (Wildman–Crippen MR) is 52.9 cm³/mol. The topological polar surface area (TPSA) is 97.1 Å². The summed E-state index contributed by atoms with van der Waals surface area (Å²) in [4.78, 5) is 3.94. The lowest BCUT2D eigenvalue weighted by Crippen LogP contribution is -2.23. The molecule has 1 heterocycles. The summed E-state index contributed by atoms with van der Waals surface area (Å²) >= 11 is 0. The largest absolute Gasteiger partial charge is 0.308 e. The third-order valence-electron chi connectivity index (χ3n) is 1.52. The van der Waals surface area contributed by atoms with E-state index in [1.165, 1.54) is 18.3 Å². The second-order valence-electron chi connectivity index (χ2n) is 2.52. The van der Waals surface area contributed by atoms with Crippen LogP contribution < -0.4 is 16.0 Å². The lowest BCUT2D eigenvalue weighted by Gasteiger charge is -2.05. The summed E-state index contributed by atoms with van der Waals surface area (Å²) < 4.78 is 25.4. The van der Waals surface area contributed by atoms with Gasteiger partial charge in [0.25, 0.3) is 0 Å². The SMILES string of the molecule is CCNS(=O)(=O)c1ccnc(NN)c1. The average molecular weight is 216 g/mol. The van der Waals surface area contributed by atoms with Gasteiger partial charge >= 0.3 is 0 Å². The molecule has 4 N–H and O–H groups in total. The number of rotatable bonds is 4. The van der Waals surface area contributed by atoms with Crippen molar-refractivity contribution in [3.8, 4) is 0 Å². The van der Waals surface area contributed by atoms with Crippen molar-refractivity contribution in [2.24, 2.45) is 5.84 Å². The van der Waals surface area contributed by atoms with Gasteiger partial charge in [-0.15, -0.1) is 0 Å². The third-order valence-corrected chi connectivity index (χ3v) is 3.07. The number of hydrazine groups is 1. The maximum atomic E-state index is 11.5. The van der Waals surface area contributed by atoms with Crippen LogP contribution in [-0.4, -0.2) is 19.9 Å². The van der Waals surface area contributed by atoms with Crippen molar-refractivity contribution in [3.63, 3.8) is 0 Å². The van der Waals surface area contributed by atoms with Crippen molar-refractivity contribution in [1.29, 1.82) is 0 Å². The molecule has 1 rings (SSSR count). The molecule has 78 valence electrons. The minimum atomic E-state index is -3.43. The highest BCUT2D eigenvalue weighted by molar-refractivity contribution is 7.89. The van der Waals surface area contributed by atoms with E-state index in [4.69, 9.17) is 5.84 Å². The molecule has 0 aliphatic carbocycles. The summed E-state index contributed by atoms with van der Waals surface area (Å²) in [5, 5.41) is 0. The molecule has 0 aliphatic heterocycles. The van der Waals surface area contributed by atoms with E-state index in [0.717, 1.165) is 0 Å². The number of hydrogen-bond acceptors (Lipinski definition) is 5. The van der Waals surface area contributed by atoms with Crippen LogP contribution in [0.1, 0.15) is 6.92 Å². The average Bonchev–Trinajstić information content (AvgIpc) is 2.18. The number of sulfonamides is 1. The normalized spacial score (nSPS) is 11.3. The van der Waals surface area contributed by atoms with Crippen LogP contribution in [0.15, 0.2) is 23.2 Å². The van der Waals surface area contributed by atoms with E-state index < -0.39 is 10.0 Å². The van der Waals surface area contributed by atoms with Crippen molar-refractivity contribution >= 4 is 15.8 Å². The van der Waals surface area contributed by atoms with Crippen molar-refractivity contribution in [2.75, 3.05) is 12.0 Å². The molecule has 1 aromatic heterocycles. The Hall–Kier alpha value is -1.18. The number of pyridine rings is 1. The standard InChI is InChI=1S/C7H12N4O2S/c1-2-10-14(12,13)6-3-4-9-7(5-6)11-8/h3-5,10H,2,8H2,1H3,(H,9,11). The van der Waals surface area contributed by atoms with E-state index in [0.29, 0.717) is 12.4 Å². The molecule has 7 heteroatoms. The molecule has 14 heavy (non-hydrogen) atoms. The summed E-state index contributed by atoms with van der Waals surface area (Å²) in [6, 6.07) is 2.76.